The van der Waals surface area contributed by atoms with Crippen LogP contribution in [0.3, 0.4) is 0 Å². The molecule has 2 atom stereocenters. The highest BCUT2D eigenvalue weighted by Crippen LogP contribution is 2.10. The van der Waals surface area contributed by atoms with Gasteiger partial charge in [-0.1, -0.05) is 19.9 Å². The Morgan fingerprint density at radius 1 is 1.44 bits per heavy atom. The normalized spacial score (nSPS) is 14.6. The smallest absolute Gasteiger partial charge is 0.237 e. The molecule has 0 spiro atoms. The standard InChI is InChI=1S/C12H19N3O/c1-8(2)11(13)12(16)15-9(3)10-5-4-6-14-7-10/h4-9,11H,13H2,1-3H3,(H,15,16)/t9-,11+/m0/s1. The Hall–Kier alpha value is -1.42. The van der Waals surface area contributed by atoms with Crippen molar-refractivity contribution in [2.75, 3.05) is 0 Å². The van der Waals surface area contributed by atoms with Crippen molar-refractivity contribution in [3.05, 3.63) is 30.1 Å². The van der Waals surface area contributed by atoms with Crippen LogP contribution >= 0.6 is 0 Å². The van der Waals surface area contributed by atoms with Gasteiger partial charge in [0.15, 0.2) is 0 Å². The first-order valence-corrected chi connectivity index (χ1v) is 5.48. The summed E-state index contributed by atoms with van der Waals surface area (Å²) in [6.07, 6.45) is 3.45. The van der Waals surface area contributed by atoms with Crippen LogP contribution in [-0.2, 0) is 4.79 Å². The third-order valence-corrected chi connectivity index (χ3v) is 2.56. The van der Waals surface area contributed by atoms with Crippen LogP contribution in [0.25, 0.3) is 0 Å². The molecule has 0 aliphatic heterocycles. The molecule has 0 fully saturated rings. The number of nitrogens with two attached hydrogens (primary N) is 1. The summed E-state index contributed by atoms with van der Waals surface area (Å²) in [6, 6.07) is 3.25. The first-order chi connectivity index (χ1) is 7.52. The van der Waals surface area contributed by atoms with Crippen molar-refractivity contribution in [1.29, 1.82) is 0 Å². The summed E-state index contributed by atoms with van der Waals surface area (Å²) < 4.78 is 0. The van der Waals surface area contributed by atoms with Gasteiger partial charge in [0, 0.05) is 12.4 Å². The SMILES string of the molecule is CC(C)[C@@H](N)C(=O)N[C@@H](C)c1cccnc1. The lowest BCUT2D eigenvalue weighted by Crippen LogP contribution is -2.44. The van der Waals surface area contributed by atoms with E-state index in [9.17, 15) is 4.79 Å². The average Bonchev–Trinajstić information content (AvgIpc) is 2.28. The van der Waals surface area contributed by atoms with Crippen molar-refractivity contribution in [2.24, 2.45) is 11.7 Å². The molecule has 88 valence electrons. The van der Waals surface area contributed by atoms with Crippen molar-refractivity contribution in [3.8, 4) is 0 Å². The zero-order chi connectivity index (χ0) is 12.1. The fourth-order valence-electron chi connectivity index (χ4n) is 1.33. The van der Waals surface area contributed by atoms with Crippen LogP contribution < -0.4 is 11.1 Å². The van der Waals surface area contributed by atoms with Gasteiger partial charge in [0.25, 0.3) is 0 Å². The van der Waals surface area contributed by atoms with Crippen molar-refractivity contribution < 1.29 is 4.79 Å². The maximum atomic E-state index is 11.7. The van der Waals surface area contributed by atoms with E-state index in [2.05, 4.69) is 10.3 Å². The minimum absolute atomic E-state index is 0.0639. The lowest BCUT2D eigenvalue weighted by atomic mass is 10.0. The average molecular weight is 221 g/mol. The van der Waals surface area contributed by atoms with E-state index in [4.69, 9.17) is 5.73 Å². The van der Waals surface area contributed by atoms with Crippen LogP contribution in [-0.4, -0.2) is 16.9 Å². The molecule has 4 heteroatoms. The molecule has 0 unspecified atom stereocenters. The molecule has 0 radical (unpaired) electrons. The number of nitrogens with one attached hydrogen (secondary N) is 1. The monoisotopic (exact) mass is 221 g/mol. The van der Waals surface area contributed by atoms with Gasteiger partial charge in [-0.3, -0.25) is 9.78 Å². The van der Waals surface area contributed by atoms with E-state index >= 15 is 0 Å². The first-order valence-electron chi connectivity index (χ1n) is 5.48. The van der Waals surface area contributed by atoms with Gasteiger partial charge in [0.05, 0.1) is 12.1 Å². The van der Waals surface area contributed by atoms with Gasteiger partial charge in [0.1, 0.15) is 0 Å². The number of aromatic nitrogens is 1. The largest absolute Gasteiger partial charge is 0.348 e. The maximum absolute atomic E-state index is 11.7. The zero-order valence-corrected chi connectivity index (χ0v) is 9.97. The summed E-state index contributed by atoms with van der Waals surface area (Å²) >= 11 is 0. The van der Waals surface area contributed by atoms with Crippen LogP contribution in [0.15, 0.2) is 24.5 Å². The van der Waals surface area contributed by atoms with E-state index in [0.717, 1.165) is 5.56 Å². The number of carbonyl (C=O) groups is 1. The van der Waals surface area contributed by atoms with Crippen LogP contribution in [0.1, 0.15) is 32.4 Å². The highest BCUT2D eigenvalue weighted by Gasteiger charge is 2.19. The molecule has 0 aliphatic carbocycles. The third-order valence-electron chi connectivity index (χ3n) is 2.56. The van der Waals surface area contributed by atoms with Crippen LogP contribution in [0.5, 0.6) is 0 Å². The summed E-state index contributed by atoms with van der Waals surface area (Å²) in [7, 11) is 0. The van der Waals surface area contributed by atoms with Gasteiger partial charge in [-0.25, -0.2) is 0 Å². The first kappa shape index (κ1) is 12.6. The predicted molar refractivity (Wildman–Crippen MR) is 63.6 cm³/mol. The van der Waals surface area contributed by atoms with Gasteiger partial charge in [-0.15, -0.1) is 0 Å². The van der Waals surface area contributed by atoms with E-state index in [1.165, 1.54) is 0 Å². The minimum atomic E-state index is -0.459. The Bertz CT molecular complexity index is 337. The molecule has 1 amide bonds. The van der Waals surface area contributed by atoms with Crippen molar-refractivity contribution in [1.82, 2.24) is 10.3 Å². The fraction of sp³-hybridized carbons (Fsp3) is 0.500. The molecule has 16 heavy (non-hydrogen) atoms. The van der Waals surface area contributed by atoms with E-state index < -0.39 is 6.04 Å². The number of nitrogens with zero attached hydrogens (tertiary/aromatic N) is 1. The highest BCUT2D eigenvalue weighted by atomic mass is 16.2. The summed E-state index contributed by atoms with van der Waals surface area (Å²) in [5.41, 5.74) is 6.74. The number of amides is 1. The zero-order valence-electron chi connectivity index (χ0n) is 9.97. The second-order valence-electron chi connectivity index (χ2n) is 4.29. The van der Waals surface area contributed by atoms with Gasteiger partial charge < -0.3 is 11.1 Å². The molecule has 0 aromatic carbocycles. The van der Waals surface area contributed by atoms with E-state index in [-0.39, 0.29) is 17.9 Å². The second kappa shape index (κ2) is 5.61. The third kappa shape index (κ3) is 3.31. The molecule has 1 heterocycles. The lowest BCUT2D eigenvalue weighted by molar-refractivity contribution is -0.123. The number of rotatable bonds is 4. The van der Waals surface area contributed by atoms with Crippen molar-refractivity contribution in [3.63, 3.8) is 0 Å². The quantitative estimate of drug-likeness (QED) is 0.803. The molecule has 4 nitrogen and oxygen atoms in total. The Morgan fingerprint density at radius 3 is 2.62 bits per heavy atom. The summed E-state index contributed by atoms with van der Waals surface area (Å²) in [5, 5.41) is 2.87. The Balaban J connectivity index is 2.58. The summed E-state index contributed by atoms with van der Waals surface area (Å²) in [5.74, 6) is 0.0208. The van der Waals surface area contributed by atoms with E-state index in [1.54, 1.807) is 12.4 Å². The predicted octanol–water partition coefficient (Wildman–Crippen LogP) is 1.24. The van der Waals surface area contributed by atoms with E-state index in [0.29, 0.717) is 0 Å². The second-order valence-corrected chi connectivity index (χ2v) is 4.29. The van der Waals surface area contributed by atoms with Crippen LogP contribution in [0, 0.1) is 5.92 Å². The summed E-state index contributed by atoms with van der Waals surface area (Å²) in [6.45, 7) is 5.78. The molecule has 0 saturated carbocycles. The number of hydrogen-bond donors (Lipinski definition) is 2. The van der Waals surface area contributed by atoms with Gasteiger partial charge >= 0.3 is 0 Å². The molecule has 1 aromatic heterocycles. The van der Waals surface area contributed by atoms with Gasteiger partial charge in [-0.05, 0) is 24.5 Å². The molecule has 3 N–H and O–H groups in total. The van der Waals surface area contributed by atoms with Gasteiger partial charge in [0.2, 0.25) is 5.91 Å². The van der Waals surface area contributed by atoms with Crippen LogP contribution in [0.2, 0.25) is 0 Å². The van der Waals surface area contributed by atoms with Gasteiger partial charge in [-0.2, -0.15) is 0 Å². The highest BCUT2D eigenvalue weighted by molar-refractivity contribution is 5.82. The van der Waals surface area contributed by atoms with E-state index in [1.807, 2.05) is 32.9 Å². The topological polar surface area (TPSA) is 68.0 Å². The fourth-order valence-corrected chi connectivity index (χ4v) is 1.33. The minimum Gasteiger partial charge on any atom is -0.348 e. The molecule has 0 aliphatic rings. The number of carbonyl (C=O) groups excluding carboxylic acids is 1. The Morgan fingerprint density at radius 2 is 2.12 bits per heavy atom. The molecule has 0 bridgehead atoms. The molecule has 0 saturated heterocycles. The Labute approximate surface area is 96.3 Å². The molecular weight excluding hydrogens is 202 g/mol. The van der Waals surface area contributed by atoms with Crippen molar-refractivity contribution in [2.45, 2.75) is 32.9 Å². The number of pyridine rings is 1. The number of hydrogen-bond acceptors (Lipinski definition) is 3. The summed E-state index contributed by atoms with van der Waals surface area (Å²) in [4.78, 5) is 15.7. The van der Waals surface area contributed by atoms with Crippen molar-refractivity contribution >= 4 is 5.91 Å². The maximum Gasteiger partial charge on any atom is 0.237 e. The molecule has 1 aromatic rings. The molecule has 1 rings (SSSR count). The molecular formula is C12H19N3O. The Kier molecular flexibility index (Phi) is 4.43. The van der Waals surface area contributed by atoms with Crippen LogP contribution in [0.4, 0.5) is 0 Å². The lowest BCUT2D eigenvalue weighted by Gasteiger charge is -2.19.